The van der Waals surface area contributed by atoms with E-state index in [2.05, 4.69) is 38.2 Å². The maximum Gasteiger partial charge on any atom is 0.243 e. The van der Waals surface area contributed by atoms with Crippen LogP contribution in [0.1, 0.15) is 5.56 Å². The van der Waals surface area contributed by atoms with Crippen molar-refractivity contribution < 1.29 is 17.9 Å². The van der Waals surface area contributed by atoms with Gasteiger partial charge in [0.05, 0.1) is 41.9 Å². The first kappa shape index (κ1) is 22.5. The number of ether oxygens (including phenoxy) is 2. The summed E-state index contributed by atoms with van der Waals surface area (Å²) in [4.78, 5) is 12.0. The molecule has 33 heavy (non-hydrogen) atoms. The van der Waals surface area contributed by atoms with Crippen LogP contribution in [0.2, 0.25) is 0 Å². The Morgan fingerprint density at radius 1 is 1.36 bits per heavy atom. The Balaban J connectivity index is 1.67. The van der Waals surface area contributed by atoms with Gasteiger partial charge in [-0.3, -0.25) is 0 Å². The summed E-state index contributed by atoms with van der Waals surface area (Å²) in [6.45, 7) is 5.48. The van der Waals surface area contributed by atoms with Gasteiger partial charge in [-0.2, -0.15) is 19.5 Å². The lowest BCUT2D eigenvalue weighted by Gasteiger charge is -2.26. The molecule has 3 N–H and O–H groups in total. The van der Waals surface area contributed by atoms with Gasteiger partial charge in [-0.1, -0.05) is 6.08 Å². The highest BCUT2D eigenvalue weighted by atomic mass is 32.2. The third-order valence-electron chi connectivity index (χ3n) is 5.09. The topological polar surface area (TPSA) is 145 Å². The maximum absolute atomic E-state index is 13.0. The Bertz CT molecular complexity index is 1320. The fourth-order valence-corrected chi connectivity index (χ4v) is 4.89. The number of nitrogens with zero attached hydrogens (tertiary/aromatic N) is 4. The smallest absolute Gasteiger partial charge is 0.243 e. The molecule has 0 amide bonds. The van der Waals surface area contributed by atoms with Gasteiger partial charge in [0.2, 0.25) is 16.0 Å². The molecule has 0 spiro atoms. The van der Waals surface area contributed by atoms with Gasteiger partial charge >= 0.3 is 0 Å². The minimum Gasteiger partial charge on any atom is -0.495 e. The normalized spacial score (nSPS) is 14.5. The Morgan fingerprint density at radius 2 is 2.15 bits per heavy atom. The summed E-state index contributed by atoms with van der Waals surface area (Å²) in [5.74, 6) is 1.02. The summed E-state index contributed by atoms with van der Waals surface area (Å²) >= 11 is 0. The van der Waals surface area contributed by atoms with Crippen molar-refractivity contribution in [2.45, 2.75) is 4.90 Å². The number of aromatic nitrogens is 3. The average Bonchev–Trinajstić information content (AvgIpc) is 3.26. The van der Waals surface area contributed by atoms with Crippen molar-refractivity contribution in [2.75, 3.05) is 50.6 Å². The standard InChI is InChI=1S/C21H23N7O4S/c1-3-6-23-19-18-14(12-22)13-24-20(18)27-21(26-19)25-16-5-4-15(11-17(16)31-2)33(29,30)28-7-9-32-10-8-28/h3-5,11,13H,1,6-10H2,2H3,(H3,23,24,25,26,27). The number of H-pyrrole nitrogens is 1. The highest BCUT2D eigenvalue weighted by Crippen LogP contribution is 2.32. The van der Waals surface area contributed by atoms with Gasteiger partial charge in [0, 0.05) is 31.9 Å². The molecule has 1 aliphatic rings. The number of morpholine rings is 1. The van der Waals surface area contributed by atoms with Gasteiger partial charge in [0.1, 0.15) is 23.3 Å². The molecule has 12 heteroatoms. The molecule has 1 fully saturated rings. The molecule has 0 atom stereocenters. The van der Waals surface area contributed by atoms with E-state index in [1.165, 1.54) is 23.5 Å². The quantitative estimate of drug-likeness (QED) is 0.423. The van der Waals surface area contributed by atoms with Gasteiger partial charge in [0.25, 0.3) is 0 Å². The molecule has 1 saturated heterocycles. The van der Waals surface area contributed by atoms with Gasteiger partial charge in [-0.05, 0) is 12.1 Å². The summed E-state index contributed by atoms with van der Waals surface area (Å²) in [7, 11) is -2.22. The molecule has 0 bridgehead atoms. The molecular weight excluding hydrogens is 446 g/mol. The number of hydrogen-bond acceptors (Lipinski definition) is 9. The van der Waals surface area contributed by atoms with Gasteiger partial charge in [-0.15, -0.1) is 6.58 Å². The number of methoxy groups -OCH3 is 1. The summed E-state index contributed by atoms with van der Waals surface area (Å²) in [6.07, 6.45) is 3.24. The number of anilines is 3. The third-order valence-corrected chi connectivity index (χ3v) is 6.99. The molecule has 11 nitrogen and oxygen atoms in total. The average molecular weight is 470 g/mol. The molecule has 3 aromatic rings. The van der Waals surface area contributed by atoms with Crippen LogP contribution in [-0.2, 0) is 14.8 Å². The summed E-state index contributed by atoms with van der Waals surface area (Å²) < 4.78 is 38.0. The molecular formula is C21H23N7O4S. The van der Waals surface area contributed by atoms with Crippen LogP contribution in [0, 0.1) is 11.3 Å². The second-order valence-corrected chi connectivity index (χ2v) is 9.04. The summed E-state index contributed by atoms with van der Waals surface area (Å²) in [5, 5.41) is 16.1. The predicted octanol–water partition coefficient (Wildman–Crippen LogP) is 2.20. The molecule has 3 heterocycles. The molecule has 0 unspecified atom stereocenters. The highest BCUT2D eigenvalue weighted by molar-refractivity contribution is 7.89. The van der Waals surface area contributed by atoms with E-state index in [4.69, 9.17) is 9.47 Å². The minimum atomic E-state index is -3.67. The van der Waals surface area contributed by atoms with E-state index >= 15 is 0 Å². The second kappa shape index (κ2) is 9.45. The van der Waals surface area contributed by atoms with Crippen molar-refractivity contribution in [1.82, 2.24) is 19.3 Å². The van der Waals surface area contributed by atoms with Crippen molar-refractivity contribution >= 4 is 38.5 Å². The monoisotopic (exact) mass is 469 g/mol. The van der Waals surface area contributed by atoms with E-state index in [-0.39, 0.29) is 10.8 Å². The van der Waals surface area contributed by atoms with E-state index in [1.807, 2.05) is 0 Å². The zero-order valence-electron chi connectivity index (χ0n) is 18.0. The number of benzene rings is 1. The number of sulfonamides is 1. The molecule has 2 aromatic heterocycles. The third kappa shape index (κ3) is 4.47. The van der Waals surface area contributed by atoms with Crippen molar-refractivity contribution in [1.29, 1.82) is 5.26 Å². The first-order valence-electron chi connectivity index (χ1n) is 10.1. The number of nitrogens with one attached hydrogen (secondary N) is 3. The largest absolute Gasteiger partial charge is 0.495 e. The van der Waals surface area contributed by atoms with Crippen LogP contribution in [0.25, 0.3) is 11.0 Å². The van der Waals surface area contributed by atoms with Crippen molar-refractivity contribution in [2.24, 2.45) is 0 Å². The lowest BCUT2D eigenvalue weighted by Crippen LogP contribution is -2.40. The molecule has 172 valence electrons. The maximum atomic E-state index is 13.0. The number of nitriles is 1. The van der Waals surface area contributed by atoms with E-state index in [9.17, 15) is 13.7 Å². The molecule has 4 rings (SSSR count). The number of rotatable bonds is 8. The first-order chi connectivity index (χ1) is 16.0. The van der Waals surface area contributed by atoms with Crippen LogP contribution in [0.3, 0.4) is 0 Å². The molecule has 0 saturated carbocycles. The van der Waals surface area contributed by atoms with Crippen LogP contribution in [0.5, 0.6) is 5.75 Å². The van der Waals surface area contributed by atoms with Gasteiger partial charge < -0.3 is 25.1 Å². The lowest BCUT2D eigenvalue weighted by molar-refractivity contribution is 0.0730. The van der Waals surface area contributed by atoms with E-state index in [0.717, 1.165) is 0 Å². The number of hydrogen-bond donors (Lipinski definition) is 3. The minimum absolute atomic E-state index is 0.125. The van der Waals surface area contributed by atoms with E-state index in [0.29, 0.717) is 66.7 Å². The Kier molecular flexibility index (Phi) is 6.45. The van der Waals surface area contributed by atoms with Crippen LogP contribution < -0.4 is 15.4 Å². The summed E-state index contributed by atoms with van der Waals surface area (Å²) in [5.41, 5.74) is 1.37. The first-order valence-corrected chi connectivity index (χ1v) is 11.6. The van der Waals surface area contributed by atoms with Crippen LogP contribution >= 0.6 is 0 Å². The zero-order chi connectivity index (χ0) is 23.4. The van der Waals surface area contributed by atoms with Crippen LogP contribution in [0.4, 0.5) is 17.5 Å². The van der Waals surface area contributed by atoms with E-state index in [1.54, 1.807) is 18.3 Å². The Hall–Kier alpha value is -3.66. The van der Waals surface area contributed by atoms with Gasteiger partial charge in [-0.25, -0.2) is 8.42 Å². The van der Waals surface area contributed by atoms with Crippen LogP contribution in [0.15, 0.2) is 41.9 Å². The van der Waals surface area contributed by atoms with Crippen molar-refractivity contribution in [3.63, 3.8) is 0 Å². The SMILES string of the molecule is C=CCNc1nc(Nc2ccc(S(=O)(=O)N3CCOCC3)cc2OC)nc2[nH]cc(C#N)c12. The molecule has 0 radical (unpaired) electrons. The van der Waals surface area contributed by atoms with Crippen LogP contribution in [-0.4, -0.2) is 67.6 Å². The fraction of sp³-hybridized carbons (Fsp3) is 0.286. The Morgan fingerprint density at radius 3 is 2.85 bits per heavy atom. The lowest BCUT2D eigenvalue weighted by atomic mass is 10.2. The fourth-order valence-electron chi connectivity index (χ4n) is 3.47. The molecule has 1 aromatic carbocycles. The Labute approximate surface area is 191 Å². The molecule has 0 aliphatic carbocycles. The zero-order valence-corrected chi connectivity index (χ0v) is 18.8. The van der Waals surface area contributed by atoms with Gasteiger partial charge in [0.15, 0.2) is 0 Å². The molecule has 1 aliphatic heterocycles. The predicted molar refractivity (Wildman–Crippen MR) is 123 cm³/mol. The number of fused-ring (bicyclic) bond motifs is 1. The second-order valence-electron chi connectivity index (χ2n) is 7.11. The van der Waals surface area contributed by atoms with Crippen molar-refractivity contribution in [3.8, 4) is 11.8 Å². The van der Waals surface area contributed by atoms with Crippen molar-refractivity contribution in [3.05, 3.63) is 42.6 Å². The summed E-state index contributed by atoms with van der Waals surface area (Å²) in [6, 6.07) is 6.69. The van der Waals surface area contributed by atoms with E-state index < -0.39 is 10.0 Å². The highest BCUT2D eigenvalue weighted by Gasteiger charge is 2.27. The number of aromatic amines is 1.